The number of methoxy groups -OCH3 is 2. The molecule has 0 saturated heterocycles. The van der Waals surface area contributed by atoms with E-state index in [1.807, 2.05) is 0 Å². The van der Waals surface area contributed by atoms with E-state index in [4.69, 9.17) is 0 Å². The summed E-state index contributed by atoms with van der Waals surface area (Å²) in [6, 6.07) is 1.90. The van der Waals surface area contributed by atoms with E-state index in [0.717, 1.165) is 25.3 Å². The summed E-state index contributed by atoms with van der Waals surface area (Å²) in [5.74, 6) is -5.60. The highest BCUT2D eigenvalue weighted by molar-refractivity contribution is 5.97. The van der Waals surface area contributed by atoms with E-state index in [1.54, 1.807) is 0 Å². The van der Waals surface area contributed by atoms with Crippen LogP contribution in [0.2, 0.25) is 0 Å². The van der Waals surface area contributed by atoms with Crippen LogP contribution in [0.1, 0.15) is 23.7 Å². The number of carbonyl (C=O) groups excluding carboxylic acids is 3. The molecule has 0 unspecified atom stereocenters. The van der Waals surface area contributed by atoms with Gasteiger partial charge in [0.25, 0.3) is 5.91 Å². The average molecular weight is 329 g/mol. The van der Waals surface area contributed by atoms with Crippen LogP contribution >= 0.6 is 0 Å². The van der Waals surface area contributed by atoms with Crippen LogP contribution in [0.25, 0.3) is 0 Å². The lowest BCUT2D eigenvalue weighted by atomic mass is 10.0. The van der Waals surface area contributed by atoms with Crippen LogP contribution < -0.4 is 5.32 Å². The standard InChI is InChI=1S/C15H17F2NO5/c1-8(14(20)22-2)7-11(15(21)23-3)18-13(19)9-5-4-6-10(16)12(9)17/h4-6,8,11H,7H2,1-3H3,(H,18,19)/t8-,11+/m0/s1. The van der Waals surface area contributed by atoms with Crippen LogP contribution in [0.5, 0.6) is 0 Å². The number of nitrogens with one attached hydrogen (secondary N) is 1. The van der Waals surface area contributed by atoms with Crippen molar-refractivity contribution in [3.8, 4) is 0 Å². The van der Waals surface area contributed by atoms with Gasteiger partial charge in [-0.2, -0.15) is 0 Å². The molecule has 0 aliphatic rings. The SMILES string of the molecule is COC(=O)[C@@H](C)C[C@@H](NC(=O)c1cccc(F)c1F)C(=O)OC. The number of ether oxygens (including phenoxy) is 2. The van der Waals surface area contributed by atoms with Crippen molar-refractivity contribution in [1.82, 2.24) is 5.32 Å². The lowest BCUT2D eigenvalue weighted by molar-refractivity contribution is -0.147. The number of carbonyl (C=O) groups is 3. The first-order valence-corrected chi connectivity index (χ1v) is 6.72. The van der Waals surface area contributed by atoms with Gasteiger partial charge in [-0.1, -0.05) is 13.0 Å². The van der Waals surface area contributed by atoms with Gasteiger partial charge in [-0.25, -0.2) is 13.6 Å². The molecule has 126 valence electrons. The minimum Gasteiger partial charge on any atom is -0.469 e. The highest BCUT2D eigenvalue weighted by atomic mass is 19.2. The number of esters is 2. The minimum atomic E-state index is -1.32. The van der Waals surface area contributed by atoms with Crippen LogP contribution in [0.4, 0.5) is 8.78 Å². The van der Waals surface area contributed by atoms with Gasteiger partial charge in [-0.15, -0.1) is 0 Å². The Balaban J connectivity index is 2.93. The average Bonchev–Trinajstić information content (AvgIpc) is 2.54. The molecular formula is C15H17F2NO5. The van der Waals surface area contributed by atoms with Crippen molar-refractivity contribution in [2.75, 3.05) is 14.2 Å². The van der Waals surface area contributed by atoms with E-state index >= 15 is 0 Å². The molecule has 0 aliphatic carbocycles. The third-order valence-corrected chi connectivity index (χ3v) is 3.18. The van der Waals surface area contributed by atoms with E-state index in [1.165, 1.54) is 14.0 Å². The van der Waals surface area contributed by atoms with Gasteiger partial charge >= 0.3 is 11.9 Å². The van der Waals surface area contributed by atoms with Gasteiger partial charge in [0.05, 0.1) is 25.7 Å². The third-order valence-electron chi connectivity index (χ3n) is 3.18. The molecule has 1 aromatic carbocycles. The zero-order chi connectivity index (χ0) is 17.6. The Hall–Kier alpha value is -2.51. The summed E-state index contributed by atoms with van der Waals surface area (Å²) in [5, 5.41) is 2.23. The van der Waals surface area contributed by atoms with Crippen LogP contribution in [-0.2, 0) is 19.1 Å². The molecule has 1 amide bonds. The Morgan fingerprint density at radius 1 is 1.13 bits per heavy atom. The molecular weight excluding hydrogens is 312 g/mol. The highest BCUT2D eigenvalue weighted by Crippen LogP contribution is 2.14. The molecule has 1 rings (SSSR count). The van der Waals surface area contributed by atoms with Crippen LogP contribution in [0.15, 0.2) is 18.2 Å². The molecule has 0 saturated carbocycles. The fourth-order valence-electron chi connectivity index (χ4n) is 1.92. The van der Waals surface area contributed by atoms with Gasteiger partial charge in [-0.05, 0) is 18.6 Å². The summed E-state index contributed by atoms with van der Waals surface area (Å²) >= 11 is 0. The van der Waals surface area contributed by atoms with Crippen molar-refractivity contribution < 1.29 is 32.6 Å². The molecule has 1 aromatic rings. The molecule has 0 spiro atoms. The topological polar surface area (TPSA) is 81.7 Å². The van der Waals surface area contributed by atoms with Crippen molar-refractivity contribution in [1.29, 1.82) is 0 Å². The van der Waals surface area contributed by atoms with E-state index in [2.05, 4.69) is 14.8 Å². The van der Waals surface area contributed by atoms with Crippen LogP contribution in [-0.4, -0.2) is 38.1 Å². The molecule has 0 aliphatic heterocycles. The van der Waals surface area contributed by atoms with E-state index in [0.29, 0.717) is 0 Å². The smallest absolute Gasteiger partial charge is 0.328 e. The molecule has 23 heavy (non-hydrogen) atoms. The molecule has 2 atom stereocenters. The number of rotatable bonds is 6. The van der Waals surface area contributed by atoms with Crippen molar-refractivity contribution in [3.63, 3.8) is 0 Å². The second kappa shape index (κ2) is 8.21. The summed E-state index contributed by atoms with van der Waals surface area (Å²) in [7, 11) is 2.29. The molecule has 0 fully saturated rings. The number of hydrogen-bond acceptors (Lipinski definition) is 5. The molecule has 1 N–H and O–H groups in total. The van der Waals surface area contributed by atoms with Crippen molar-refractivity contribution in [2.24, 2.45) is 5.92 Å². The number of amides is 1. The summed E-state index contributed by atoms with van der Waals surface area (Å²) in [6.45, 7) is 1.50. The van der Waals surface area contributed by atoms with Crippen LogP contribution in [0, 0.1) is 17.6 Å². The maximum Gasteiger partial charge on any atom is 0.328 e. The largest absolute Gasteiger partial charge is 0.469 e. The number of hydrogen-bond donors (Lipinski definition) is 1. The predicted molar refractivity (Wildman–Crippen MR) is 75.4 cm³/mol. The first-order chi connectivity index (χ1) is 10.8. The second-order valence-electron chi connectivity index (χ2n) is 4.81. The molecule has 0 aromatic heterocycles. The van der Waals surface area contributed by atoms with Gasteiger partial charge < -0.3 is 14.8 Å². The Bertz CT molecular complexity index is 606. The molecule has 8 heteroatoms. The first-order valence-electron chi connectivity index (χ1n) is 6.72. The molecule has 0 bridgehead atoms. The predicted octanol–water partition coefficient (Wildman–Crippen LogP) is 1.44. The molecule has 0 heterocycles. The van der Waals surface area contributed by atoms with Crippen LogP contribution in [0.3, 0.4) is 0 Å². The van der Waals surface area contributed by atoms with Gasteiger partial charge in [0.1, 0.15) is 6.04 Å². The maximum absolute atomic E-state index is 13.6. The second-order valence-corrected chi connectivity index (χ2v) is 4.81. The van der Waals surface area contributed by atoms with Crippen molar-refractivity contribution in [3.05, 3.63) is 35.4 Å². The zero-order valence-corrected chi connectivity index (χ0v) is 12.9. The normalized spacial score (nSPS) is 12.9. The maximum atomic E-state index is 13.6. The zero-order valence-electron chi connectivity index (χ0n) is 12.9. The summed E-state index contributed by atoms with van der Waals surface area (Å²) in [6.07, 6.45) is -0.109. The first kappa shape index (κ1) is 18.5. The lowest BCUT2D eigenvalue weighted by Gasteiger charge is -2.19. The Morgan fingerprint density at radius 3 is 2.30 bits per heavy atom. The number of benzene rings is 1. The fraction of sp³-hybridized carbons (Fsp3) is 0.400. The molecule has 0 radical (unpaired) electrons. The quantitative estimate of drug-likeness (QED) is 0.799. The Morgan fingerprint density at radius 2 is 1.74 bits per heavy atom. The molecule has 6 nitrogen and oxygen atoms in total. The van der Waals surface area contributed by atoms with E-state index in [9.17, 15) is 23.2 Å². The van der Waals surface area contributed by atoms with Gasteiger partial charge in [-0.3, -0.25) is 9.59 Å². The highest BCUT2D eigenvalue weighted by Gasteiger charge is 2.28. The van der Waals surface area contributed by atoms with Gasteiger partial charge in [0, 0.05) is 0 Å². The summed E-state index contributed by atoms with van der Waals surface area (Å²) in [5.41, 5.74) is -0.551. The van der Waals surface area contributed by atoms with Gasteiger partial charge in [0.15, 0.2) is 11.6 Å². The monoisotopic (exact) mass is 329 g/mol. The van der Waals surface area contributed by atoms with Crippen molar-refractivity contribution >= 4 is 17.8 Å². The summed E-state index contributed by atoms with van der Waals surface area (Å²) < 4.78 is 35.8. The lowest BCUT2D eigenvalue weighted by Crippen LogP contribution is -2.43. The van der Waals surface area contributed by atoms with Gasteiger partial charge in [0.2, 0.25) is 0 Å². The Kier molecular flexibility index (Phi) is 6.62. The van der Waals surface area contributed by atoms with E-state index in [-0.39, 0.29) is 6.42 Å². The Labute approximate surface area is 131 Å². The fourth-order valence-corrected chi connectivity index (χ4v) is 1.92. The summed E-state index contributed by atoms with van der Waals surface area (Å²) in [4.78, 5) is 35.2. The number of halogens is 2. The minimum absolute atomic E-state index is 0.109. The third kappa shape index (κ3) is 4.73. The van der Waals surface area contributed by atoms with E-state index < -0.39 is 47.0 Å². The van der Waals surface area contributed by atoms with Crippen molar-refractivity contribution in [2.45, 2.75) is 19.4 Å².